The van der Waals surface area contributed by atoms with E-state index in [-0.39, 0.29) is 29.6 Å². The second-order valence-electron chi connectivity index (χ2n) is 6.19. The maximum atomic E-state index is 12.4. The Kier molecular flexibility index (Phi) is 7.22. The van der Waals surface area contributed by atoms with E-state index in [1.807, 2.05) is 17.7 Å². The highest BCUT2D eigenvalue weighted by atomic mass is 35.5. The normalized spacial score (nSPS) is 11.4. The summed E-state index contributed by atoms with van der Waals surface area (Å²) in [6.45, 7) is 4.59. The van der Waals surface area contributed by atoms with E-state index in [0.29, 0.717) is 42.0 Å². The molecule has 0 radical (unpaired) electrons. The fourth-order valence-electron chi connectivity index (χ4n) is 2.75. The molecule has 0 unspecified atom stereocenters. The number of H-pyrrole nitrogens is 1. The van der Waals surface area contributed by atoms with E-state index in [0.717, 1.165) is 0 Å². The van der Waals surface area contributed by atoms with Gasteiger partial charge in [-0.1, -0.05) is 6.92 Å². The highest BCUT2D eigenvalue weighted by Gasteiger charge is 2.20. The first kappa shape index (κ1) is 21.9. The van der Waals surface area contributed by atoms with Crippen LogP contribution in [0.15, 0.2) is 51.2 Å². The summed E-state index contributed by atoms with van der Waals surface area (Å²) in [5.74, 6) is 0.400. The van der Waals surface area contributed by atoms with Crippen LogP contribution in [0.5, 0.6) is 0 Å². The molecule has 0 fully saturated rings. The van der Waals surface area contributed by atoms with E-state index in [1.54, 1.807) is 31.6 Å². The zero-order valence-corrected chi connectivity index (χ0v) is 17.3. The van der Waals surface area contributed by atoms with Gasteiger partial charge in [0.05, 0.1) is 6.33 Å². The molecule has 0 aromatic carbocycles. The maximum absolute atomic E-state index is 12.4. The molecule has 152 valence electrons. The van der Waals surface area contributed by atoms with Gasteiger partial charge in [-0.2, -0.15) is 0 Å². The van der Waals surface area contributed by atoms with Crippen LogP contribution < -0.4 is 10.3 Å². The fourth-order valence-corrected chi connectivity index (χ4v) is 3.75. The molecule has 28 heavy (non-hydrogen) atoms. The average molecular weight is 427 g/mol. The lowest BCUT2D eigenvalue weighted by atomic mass is 10.1. The van der Waals surface area contributed by atoms with Gasteiger partial charge in [0.2, 0.25) is 5.09 Å². The number of aryl methyl sites for hydroxylation is 3. The van der Waals surface area contributed by atoms with E-state index >= 15 is 0 Å². The second-order valence-corrected chi connectivity index (χ2v) is 7.88. The number of aromatic nitrogens is 3. The van der Waals surface area contributed by atoms with Crippen LogP contribution >= 0.6 is 12.4 Å². The Hall–Kier alpha value is -2.36. The number of furan rings is 1. The van der Waals surface area contributed by atoms with E-state index in [4.69, 9.17) is 4.42 Å². The van der Waals surface area contributed by atoms with Gasteiger partial charge < -0.3 is 14.0 Å². The van der Waals surface area contributed by atoms with Crippen molar-refractivity contribution < 1.29 is 12.8 Å². The van der Waals surface area contributed by atoms with Crippen molar-refractivity contribution in [1.29, 1.82) is 0 Å². The molecule has 0 aliphatic rings. The van der Waals surface area contributed by atoms with Crippen LogP contribution in [-0.4, -0.2) is 29.5 Å². The molecular weight excluding hydrogens is 404 g/mol. The van der Waals surface area contributed by atoms with Crippen molar-refractivity contribution in [2.75, 3.05) is 6.54 Å². The van der Waals surface area contributed by atoms with E-state index in [1.165, 1.54) is 6.07 Å². The maximum Gasteiger partial charge on any atom is 0.273 e. The number of nitrogens with zero attached hydrogens (tertiary/aromatic N) is 2. The van der Waals surface area contributed by atoms with Crippen molar-refractivity contribution in [3.63, 3.8) is 0 Å². The number of rotatable bonds is 8. The van der Waals surface area contributed by atoms with Crippen molar-refractivity contribution in [3.8, 4) is 11.3 Å². The van der Waals surface area contributed by atoms with Crippen LogP contribution in [-0.2, 0) is 23.0 Å². The summed E-state index contributed by atoms with van der Waals surface area (Å²) in [6, 6.07) is 4.76. The average Bonchev–Trinajstić information content (AvgIpc) is 3.31. The van der Waals surface area contributed by atoms with Crippen LogP contribution in [0.4, 0.5) is 0 Å². The molecule has 3 rings (SSSR count). The molecule has 0 bridgehead atoms. The summed E-state index contributed by atoms with van der Waals surface area (Å²) < 4.78 is 34.8. The number of halogens is 1. The van der Waals surface area contributed by atoms with Gasteiger partial charge in [0.15, 0.2) is 0 Å². The number of imidazole rings is 1. The Labute approximate surface area is 169 Å². The fraction of sp³-hybridized carbons (Fsp3) is 0.333. The Morgan fingerprint density at radius 3 is 2.79 bits per heavy atom. The van der Waals surface area contributed by atoms with Gasteiger partial charge in [-0.05, 0) is 38.0 Å². The molecule has 0 spiro atoms. The number of hydrogen-bond donors (Lipinski definition) is 2. The molecule has 0 aliphatic heterocycles. The lowest BCUT2D eigenvalue weighted by Crippen LogP contribution is -2.25. The number of pyridine rings is 1. The van der Waals surface area contributed by atoms with Crippen molar-refractivity contribution >= 4 is 22.4 Å². The summed E-state index contributed by atoms with van der Waals surface area (Å²) in [5.41, 5.74) is 1.78. The SMILES string of the molecule is CCc1cc(-c2ccc(S(=O)(=O)NCCCn3ccnc3)o2)c(C)[nH]c1=O.Cl. The third-order valence-corrected chi connectivity index (χ3v) is 5.59. The Balaban J connectivity index is 0.00000280. The van der Waals surface area contributed by atoms with Crippen LogP contribution in [0.1, 0.15) is 24.6 Å². The lowest BCUT2D eigenvalue weighted by molar-refractivity contribution is 0.455. The first-order valence-corrected chi connectivity index (χ1v) is 10.2. The summed E-state index contributed by atoms with van der Waals surface area (Å²) in [4.78, 5) is 18.6. The molecule has 0 atom stereocenters. The highest BCUT2D eigenvalue weighted by molar-refractivity contribution is 7.89. The Bertz CT molecular complexity index is 1070. The van der Waals surface area contributed by atoms with Gasteiger partial charge in [-0.25, -0.2) is 18.1 Å². The van der Waals surface area contributed by atoms with Gasteiger partial charge in [0.1, 0.15) is 5.76 Å². The predicted octanol–water partition coefficient (Wildman–Crippen LogP) is 2.49. The lowest BCUT2D eigenvalue weighted by Gasteiger charge is -2.06. The minimum atomic E-state index is -3.74. The van der Waals surface area contributed by atoms with E-state index in [2.05, 4.69) is 14.7 Å². The zero-order valence-electron chi connectivity index (χ0n) is 15.6. The highest BCUT2D eigenvalue weighted by Crippen LogP contribution is 2.26. The van der Waals surface area contributed by atoms with E-state index < -0.39 is 10.0 Å². The van der Waals surface area contributed by atoms with Crippen molar-refractivity contribution in [2.24, 2.45) is 0 Å². The van der Waals surface area contributed by atoms with Crippen molar-refractivity contribution in [1.82, 2.24) is 19.3 Å². The van der Waals surface area contributed by atoms with E-state index in [9.17, 15) is 13.2 Å². The minimum absolute atomic E-state index is 0. The topological polar surface area (TPSA) is 110 Å². The molecule has 3 heterocycles. The van der Waals surface area contributed by atoms with Gasteiger partial charge in [-0.3, -0.25) is 4.79 Å². The smallest absolute Gasteiger partial charge is 0.273 e. The van der Waals surface area contributed by atoms with Crippen LogP contribution in [0.25, 0.3) is 11.3 Å². The zero-order chi connectivity index (χ0) is 19.4. The first-order valence-electron chi connectivity index (χ1n) is 8.69. The summed E-state index contributed by atoms with van der Waals surface area (Å²) in [5, 5.41) is -0.149. The van der Waals surface area contributed by atoms with Gasteiger partial charge in [-0.15, -0.1) is 12.4 Å². The van der Waals surface area contributed by atoms with Gasteiger partial charge >= 0.3 is 0 Å². The number of hydrogen-bond acceptors (Lipinski definition) is 5. The largest absolute Gasteiger partial charge is 0.443 e. The molecule has 3 aromatic heterocycles. The van der Waals surface area contributed by atoms with Gasteiger partial charge in [0, 0.05) is 42.3 Å². The number of nitrogens with one attached hydrogen (secondary N) is 2. The van der Waals surface area contributed by atoms with Crippen molar-refractivity contribution in [3.05, 3.63) is 58.5 Å². The molecule has 0 aliphatic carbocycles. The van der Waals surface area contributed by atoms with Gasteiger partial charge in [0.25, 0.3) is 15.6 Å². The molecule has 10 heteroatoms. The Morgan fingerprint density at radius 2 is 2.11 bits per heavy atom. The third-order valence-electron chi connectivity index (χ3n) is 4.25. The monoisotopic (exact) mass is 426 g/mol. The summed E-state index contributed by atoms with van der Waals surface area (Å²) in [6.07, 6.45) is 6.39. The van der Waals surface area contributed by atoms with Crippen LogP contribution in [0.3, 0.4) is 0 Å². The summed E-state index contributed by atoms with van der Waals surface area (Å²) >= 11 is 0. The summed E-state index contributed by atoms with van der Waals surface area (Å²) in [7, 11) is -3.74. The standard InChI is InChI=1S/C18H22N4O4S.ClH/c1-3-14-11-15(13(2)21-18(14)23)16-5-6-17(26-16)27(24,25)20-7-4-9-22-10-8-19-12-22;/h5-6,8,10-12,20H,3-4,7,9H2,1-2H3,(H,21,23);1H. The van der Waals surface area contributed by atoms with Crippen LogP contribution in [0.2, 0.25) is 0 Å². The third kappa shape index (κ3) is 4.92. The minimum Gasteiger partial charge on any atom is -0.443 e. The molecule has 2 N–H and O–H groups in total. The molecule has 0 amide bonds. The number of aromatic amines is 1. The Morgan fingerprint density at radius 1 is 1.32 bits per heavy atom. The number of sulfonamides is 1. The molecule has 3 aromatic rings. The second kappa shape index (κ2) is 9.22. The quantitative estimate of drug-likeness (QED) is 0.537. The molecule has 0 saturated carbocycles. The van der Waals surface area contributed by atoms with Crippen molar-refractivity contribution in [2.45, 2.75) is 38.3 Å². The first-order chi connectivity index (χ1) is 12.9. The molecule has 0 saturated heterocycles. The predicted molar refractivity (Wildman–Crippen MR) is 108 cm³/mol. The van der Waals surface area contributed by atoms with Crippen LogP contribution in [0, 0.1) is 6.92 Å². The molecule has 8 nitrogen and oxygen atoms in total. The molecular formula is C18H23ClN4O4S.